The number of pyridine rings is 1. The smallest absolute Gasteiger partial charge is 0.233 e. The van der Waals surface area contributed by atoms with Gasteiger partial charge in [0.1, 0.15) is 12.0 Å². The van der Waals surface area contributed by atoms with Crippen LogP contribution in [-0.2, 0) is 6.54 Å². The highest BCUT2D eigenvalue weighted by molar-refractivity contribution is 5.60. The highest BCUT2D eigenvalue weighted by Crippen LogP contribution is 2.21. The van der Waals surface area contributed by atoms with Gasteiger partial charge in [0.05, 0.1) is 18.5 Å². The van der Waals surface area contributed by atoms with E-state index in [0.717, 1.165) is 11.4 Å². The zero-order chi connectivity index (χ0) is 16.9. The summed E-state index contributed by atoms with van der Waals surface area (Å²) in [7, 11) is 0. The molecule has 4 rings (SSSR count). The van der Waals surface area contributed by atoms with Gasteiger partial charge in [-0.05, 0) is 24.3 Å². The Morgan fingerprint density at radius 1 is 1.04 bits per heavy atom. The van der Waals surface area contributed by atoms with E-state index in [4.69, 9.17) is 4.42 Å². The van der Waals surface area contributed by atoms with Crippen molar-refractivity contribution in [1.82, 2.24) is 30.1 Å². The normalized spacial score (nSPS) is 10.6. The first-order chi connectivity index (χ1) is 12.4. The molecule has 9 heteroatoms. The van der Waals surface area contributed by atoms with Crippen LogP contribution < -0.4 is 10.6 Å². The molecule has 0 amide bonds. The lowest BCUT2D eigenvalue weighted by Crippen LogP contribution is -2.07. The van der Waals surface area contributed by atoms with Gasteiger partial charge in [0, 0.05) is 12.3 Å². The van der Waals surface area contributed by atoms with Crippen molar-refractivity contribution in [3.8, 4) is 11.5 Å². The second kappa shape index (κ2) is 6.79. The lowest BCUT2D eigenvalue weighted by Gasteiger charge is -2.05. The molecule has 0 saturated heterocycles. The average Bonchev–Trinajstić information content (AvgIpc) is 3.33. The highest BCUT2D eigenvalue weighted by atomic mass is 16.3. The monoisotopic (exact) mass is 334 g/mol. The molecular weight excluding hydrogens is 320 g/mol. The van der Waals surface area contributed by atoms with Crippen molar-refractivity contribution in [2.45, 2.75) is 6.54 Å². The molecule has 0 radical (unpaired) electrons. The Morgan fingerprint density at radius 3 is 2.84 bits per heavy atom. The number of anilines is 3. The van der Waals surface area contributed by atoms with Gasteiger partial charge in [0.2, 0.25) is 11.9 Å². The van der Waals surface area contributed by atoms with Crippen LogP contribution in [0.3, 0.4) is 0 Å². The van der Waals surface area contributed by atoms with Crippen molar-refractivity contribution < 1.29 is 4.42 Å². The molecule has 0 saturated carbocycles. The fourth-order valence-electron chi connectivity index (χ4n) is 2.17. The predicted molar refractivity (Wildman–Crippen MR) is 91.0 cm³/mol. The van der Waals surface area contributed by atoms with Crippen LogP contribution in [0.2, 0.25) is 0 Å². The van der Waals surface area contributed by atoms with Gasteiger partial charge >= 0.3 is 0 Å². The summed E-state index contributed by atoms with van der Waals surface area (Å²) in [5.74, 6) is 2.11. The highest BCUT2D eigenvalue weighted by Gasteiger charge is 2.08. The van der Waals surface area contributed by atoms with Gasteiger partial charge in [-0.1, -0.05) is 6.07 Å². The molecule has 0 spiro atoms. The summed E-state index contributed by atoms with van der Waals surface area (Å²) in [5, 5.41) is 13.2. The molecule has 0 aliphatic heterocycles. The van der Waals surface area contributed by atoms with Gasteiger partial charge in [-0.15, -0.1) is 0 Å². The molecule has 4 heterocycles. The zero-order valence-corrected chi connectivity index (χ0v) is 13.0. The quantitative estimate of drug-likeness (QED) is 0.492. The molecule has 25 heavy (non-hydrogen) atoms. The minimum atomic E-state index is 0.385. The van der Waals surface area contributed by atoms with E-state index in [-0.39, 0.29) is 0 Å². The zero-order valence-electron chi connectivity index (χ0n) is 13.0. The molecule has 0 aliphatic carbocycles. The van der Waals surface area contributed by atoms with Crippen molar-refractivity contribution in [3.05, 3.63) is 60.9 Å². The van der Waals surface area contributed by atoms with E-state index < -0.39 is 0 Å². The third-order valence-electron chi connectivity index (χ3n) is 3.33. The van der Waals surface area contributed by atoms with Crippen molar-refractivity contribution in [1.29, 1.82) is 0 Å². The SMILES string of the molecule is c1ccc(CNc2ncnc(Nc3cc(-c4ccco4)[nH]n3)n2)nc1. The fraction of sp³-hybridized carbons (Fsp3) is 0.0625. The topological polar surface area (TPSA) is 117 Å². The summed E-state index contributed by atoms with van der Waals surface area (Å²) in [4.78, 5) is 16.7. The van der Waals surface area contributed by atoms with E-state index in [0.29, 0.717) is 30.0 Å². The van der Waals surface area contributed by atoms with Crippen LogP contribution >= 0.6 is 0 Å². The fourth-order valence-corrected chi connectivity index (χ4v) is 2.17. The number of furan rings is 1. The third-order valence-corrected chi connectivity index (χ3v) is 3.33. The molecule has 0 fully saturated rings. The summed E-state index contributed by atoms with van der Waals surface area (Å²) in [5.41, 5.74) is 1.66. The Kier molecular flexibility index (Phi) is 4.02. The van der Waals surface area contributed by atoms with E-state index in [1.54, 1.807) is 12.5 Å². The molecule has 0 aromatic carbocycles. The first kappa shape index (κ1) is 14.8. The van der Waals surface area contributed by atoms with Crippen LogP contribution in [0.25, 0.3) is 11.5 Å². The van der Waals surface area contributed by atoms with Crippen LogP contribution in [-0.4, -0.2) is 30.1 Å². The molecule has 124 valence electrons. The Balaban J connectivity index is 1.43. The summed E-state index contributed by atoms with van der Waals surface area (Å²) in [6.45, 7) is 0.523. The Bertz CT molecular complexity index is 936. The maximum absolute atomic E-state index is 5.32. The number of nitrogens with zero attached hydrogens (tertiary/aromatic N) is 5. The van der Waals surface area contributed by atoms with E-state index >= 15 is 0 Å². The summed E-state index contributed by atoms with van der Waals surface area (Å²) < 4.78 is 5.32. The number of aromatic amines is 1. The first-order valence-electron chi connectivity index (χ1n) is 7.56. The molecule has 0 unspecified atom stereocenters. The molecule has 3 N–H and O–H groups in total. The number of hydrogen-bond acceptors (Lipinski definition) is 8. The average molecular weight is 334 g/mol. The number of rotatable bonds is 6. The number of H-pyrrole nitrogens is 1. The lowest BCUT2D eigenvalue weighted by molar-refractivity contribution is 0.580. The van der Waals surface area contributed by atoms with E-state index in [2.05, 4.69) is 40.8 Å². The summed E-state index contributed by atoms with van der Waals surface area (Å²) in [6, 6.07) is 11.2. The molecule has 9 nitrogen and oxygen atoms in total. The van der Waals surface area contributed by atoms with Crippen LogP contribution in [0.15, 0.2) is 59.6 Å². The van der Waals surface area contributed by atoms with Crippen LogP contribution in [0.5, 0.6) is 0 Å². The van der Waals surface area contributed by atoms with Crippen LogP contribution in [0, 0.1) is 0 Å². The molecule has 4 aromatic heterocycles. The van der Waals surface area contributed by atoms with Crippen molar-refractivity contribution in [3.63, 3.8) is 0 Å². The third kappa shape index (κ3) is 3.61. The van der Waals surface area contributed by atoms with Gasteiger partial charge in [0.15, 0.2) is 11.6 Å². The Hall–Kier alpha value is -3.75. The van der Waals surface area contributed by atoms with E-state index in [1.165, 1.54) is 6.33 Å². The summed E-state index contributed by atoms with van der Waals surface area (Å²) >= 11 is 0. The minimum Gasteiger partial charge on any atom is -0.463 e. The predicted octanol–water partition coefficient (Wildman–Crippen LogP) is 2.61. The summed E-state index contributed by atoms with van der Waals surface area (Å²) in [6.07, 6.45) is 4.77. The Labute approximate surface area is 142 Å². The van der Waals surface area contributed by atoms with Gasteiger partial charge in [-0.3, -0.25) is 10.1 Å². The van der Waals surface area contributed by atoms with Crippen molar-refractivity contribution in [2.75, 3.05) is 10.6 Å². The van der Waals surface area contributed by atoms with Gasteiger partial charge in [0.25, 0.3) is 0 Å². The van der Waals surface area contributed by atoms with Crippen molar-refractivity contribution >= 4 is 17.7 Å². The largest absolute Gasteiger partial charge is 0.463 e. The van der Waals surface area contributed by atoms with E-state index in [1.807, 2.05) is 36.4 Å². The van der Waals surface area contributed by atoms with Gasteiger partial charge in [-0.2, -0.15) is 10.1 Å². The van der Waals surface area contributed by atoms with Gasteiger partial charge < -0.3 is 15.1 Å². The maximum atomic E-state index is 5.32. The number of hydrogen-bond donors (Lipinski definition) is 3. The molecule has 0 atom stereocenters. The minimum absolute atomic E-state index is 0.385. The molecule has 4 aromatic rings. The first-order valence-corrected chi connectivity index (χ1v) is 7.56. The standard InChI is InChI=1S/C16H14N8O/c1-2-6-17-11(4-1)9-18-15-19-10-20-16(22-15)21-14-8-12(23-24-14)13-5-3-7-25-13/h1-8,10H,9H2,(H3,18,19,20,21,22,23,24). The Morgan fingerprint density at radius 2 is 2.00 bits per heavy atom. The number of nitrogens with one attached hydrogen (secondary N) is 3. The molecule has 0 aliphatic rings. The lowest BCUT2D eigenvalue weighted by atomic mass is 10.3. The van der Waals surface area contributed by atoms with Crippen LogP contribution in [0.1, 0.15) is 5.69 Å². The van der Waals surface area contributed by atoms with E-state index in [9.17, 15) is 0 Å². The van der Waals surface area contributed by atoms with Crippen LogP contribution in [0.4, 0.5) is 17.7 Å². The molecular formula is C16H14N8O. The molecule has 0 bridgehead atoms. The van der Waals surface area contributed by atoms with Crippen molar-refractivity contribution in [2.24, 2.45) is 0 Å². The second-order valence-corrected chi connectivity index (χ2v) is 5.08. The second-order valence-electron chi connectivity index (χ2n) is 5.08. The van der Waals surface area contributed by atoms with Gasteiger partial charge in [-0.25, -0.2) is 9.97 Å². The number of aromatic nitrogens is 6. The maximum Gasteiger partial charge on any atom is 0.233 e.